The topological polar surface area (TPSA) is 117 Å². The zero-order valence-corrected chi connectivity index (χ0v) is 13.8. The highest BCUT2D eigenvalue weighted by Crippen LogP contribution is 2.28. The number of nitrogens with one attached hydrogen (secondary N) is 2. The van der Waals surface area contributed by atoms with Gasteiger partial charge in [0.25, 0.3) is 11.8 Å². The van der Waals surface area contributed by atoms with Crippen molar-refractivity contribution in [3.8, 4) is 0 Å². The summed E-state index contributed by atoms with van der Waals surface area (Å²) in [5.74, 6) is -1.58. The number of amides is 2. The molecule has 2 aromatic rings. The van der Waals surface area contributed by atoms with Gasteiger partial charge in [0.1, 0.15) is 5.82 Å². The standard InChI is InChI=1S/C16H15FN4O3S/c17-8-1-3-9(4-2-8)19-15(22)12-11(7-25-14(12)18)13(21-24)16(23)20-10-5-6-10/h1-4,7,10,24H,5-6,18H2,(H,19,22)(H,20,23)/b21-13-. The van der Waals surface area contributed by atoms with E-state index in [2.05, 4.69) is 15.8 Å². The molecule has 0 radical (unpaired) electrons. The highest BCUT2D eigenvalue weighted by atomic mass is 32.1. The van der Waals surface area contributed by atoms with Crippen LogP contribution in [0.1, 0.15) is 28.8 Å². The van der Waals surface area contributed by atoms with E-state index in [1.54, 1.807) is 0 Å². The number of hydrogen-bond donors (Lipinski definition) is 4. The van der Waals surface area contributed by atoms with Crippen LogP contribution in [0.25, 0.3) is 0 Å². The van der Waals surface area contributed by atoms with Crippen molar-refractivity contribution in [2.45, 2.75) is 18.9 Å². The zero-order chi connectivity index (χ0) is 18.0. The van der Waals surface area contributed by atoms with E-state index < -0.39 is 17.6 Å². The number of rotatable bonds is 5. The first kappa shape index (κ1) is 16.9. The van der Waals surface area contributed by atoms with E-state index in [9.17, 15) is 19.2 Å². The lowest BCUT2D eigenvalue weighted by Gasteiger charge is -2.09. The van der Waals surface area contributed by atoms with Gasteiger partial charge in [-0.05, 0) is 37.1 Å². The summed E-state index contributed by atoms with van der Waals surface area (Å²) in [4.78, 5) is 24.7. The first-order chi connectivity index (χ1) is 12.0. The minimum atomic E-state index is -0.583. The summed E-state index contributed by atoms with van der Waals surface area (Å²) in [6, 6.07) is 5.28. The summed E-state index contributed by atoms with van der Waals surface area (Å²) < 4.78 is 13.0. The fourth-order valence-electron chi connectivity index (χ4n) is 2.21. The summed E-state index contributed by atoms with van der Waals surface area (Å²) in [5.41, 5.74) is 6.13. The molecular weight excluding hydrogens is 347 g/mol. The van der Waals surface area contributed by atoms with Gasteiger partial charge in [0, 0.05) is 22.7 Å². The van der Waals surface area contributed by atoms with Crippen LogP contribution in [-0.4, -0.2) is 28.8 Å². The van der Waals surface area contributed by atoms with E-state index in [4.69, 9.17) is 5.73 Å². The van der Waals surface area contributed by atoms with Gasteiger partial charge in [0.15, 0.2) is 5.71 Å². The van der Waals surface area contributed by atoms with E-state index in [0.717, 1.165) is 24.2 Å². The van der Waals surface area contributed by atoms with Gasteiger partial charge in [-0.15, -0.1) is 11.3 Å². The summed E-state index contributed by atoms with van der Waals surface area (Å²) in [7, 11) is 0. The number of halogens is 1. The first-order valence-electron chi connectivity index (χ1n) is 7.46. The predicted octanol–water partition coefficient (Wildman–Crippen LogP) is 2.18. The van der Waals surface area contributed by atoms with Crippen LogP contribution in [0.3, 0.4) is 0 Å². The molecule has 130 valence electrons. The van der Waals surface area contributed by atoms with Crippen LogP contribution in [0.15, 0.2) is 34.8 Å². The molecular formula is C16H15FN4O3S. The number of oxime groups is 1. The lowest BCUT2D eigenvalue weighted by molar-refractivity contribution is -0.115. The number of nitrogen functional groups attached to an aromatic ring is 1. The smallest absolute Gasteiger partial charge is 0.274 e. The van der Waals surface area contributed by atoms with E-state index in [0.29, 0.717) is 5.69 Å². The number of carbonyl (C=O) groups is 2. The van der Waals surface area contributed by atoms with Crippen LogP contribution in [0, 0.1) is 5.82 Å². The van der Waals surface area contributed by atoms with Gasteiger partial charge in [-0.2, -0.15) is 0 Å². The molecule has 1 aromatic heterocycles. The molecule has 0 unspecified atom stereocenters. The third-order valence-electron chi connectivity index (χ3n) is 3.63. The number of anilines is 2. The fourth-order valence-corrected chi connectivity index (χ4v) is 3.01. The number of hydrogen-bond acceptors (Lipinski definition) is 6. The minimum absolute atomic E-state index is 0.0353. The zero-order valence-electron chi connectivity index (χ0n) is 13.0. The number of thiophene rings is 1. The molecule has 9 heteroatoms. The Kier molecular flexibility index (Phi) is 4.66. The molecule has 0 aliphatic heterocycles. The Morgan fingerprint density at radius 2 is 1.96 bits per heavy atom. The number of nitrogens with zero attached hydrogens (tertiary/aromatic N) is 1. The Labute approximate surface area is 146 Å². The van der Waals surface area contributed by atoms with Crippen molar-refractivity contribution in [3.63, 3.8) is 0 Å². The molecule has 7 nitrogen and oxygen atoms in total. The molecule has 2 amide bonds. The van der Waals surface area contributed by atoms with E-state index in [1.165, 1.54) is 29.6 Å². The average Bonchev–Trinajstić information content (AvgIpc) is 3.31. The second kappa shape index (κ2) is 6.89. The van der Waals surface area contributed by atoms with Crippen LogP contribution in [0.2, 0.25) is 0 Å². The Bertz CT molecular complexity index is 844. The molecule has 25 heavy (non-hydrogen) atoms. The van der Waals surface area contributed by atoms with Crippen molar-refractivity contribution in [1.29, 1.82) is 0 Å². The van der Waals surface area contributed by atoms with Gasteiger partial charge in [-0.1, -0.05) is 5.16 Å². The van der Waals surface area contributed by atoms with Gasteiger partial charge < -0.3 is 21.6 Å². The summed E-state index contributed by atoms with van der Waals surface area (Å²) in [6.07, 6.45) is 1.74. The quantitative estimate of drug-likeness (QED) is 0.370. The van der Waals surface area contributed by atoms with Crippen molar-refractivity contribution in [2.75, 3.05) is 11.1 Å². The number of carbonyl (C=O) groups excluding carboxylic acids is 2. The van der Waals surface area contributed by atoms with Crippen molar-refractivity contribution in [3.05, 3.63) is 46.6 Å². The second-order valence-corrected chi connectivity index (χ2v) is 6.46. The van der Waals surface area contributed by atoms with Crippen LogP contribution in [0.5, 0.6) is 0 Å². The third-order valence-corrected chi connectivity index (χ3v) is 4.44. The maximum atomic E-state index is 13.0. The lowest BCUT2D eigenvalue weighted by atomic mass is 10.1. The minimum Gasteiger partial charge on any atom is -0.410 e. The predicted molar refractivity (Wildman–Crippen MR) is 92.6 cm³/mol. The highest BCUT2D eigenvalue weighted by Gasteiger charge is 2.30. The molecule has 1 heterocycles. The molecule has 1 saturated carbocycles. The Hall–Kier alpha value is -2.94. The van der Waals surface area contributed by atoms with Gasteiger partial charge in [0.05, 0.1) is 10.6 Å². The largest absolute Gasteiger partial charge is 0.410 e. The molecule has 0 spiro atoms. The maximum Gasteiger partial charge on any atom is 0.274 e. The first-order valence-corrected chi connectivity index (χ1v) is 8.34. The normalized spacial score (nSPS) is 14.2. The monoisotopic (exact) mass is 362 g/mol. The van der Waals surface area contributed by atoms with E-state index >= 15 is 0 Å². The Morgan fingerprint density at radius 3 is 2.56 bits per heavy atom. The van der Waals surface area contributed by atoms with Crippen LogP contribution < -0.4 is 16.4 Å². The lowest BCUT2D eigenvalue weighted by Crippen LogP contribution is -2.34. The van der Waals surface area contributed by atoms with Crippen molar-refractivity contribution < 1.29 is 19.2 Å². The second-order valence-electron chi connectivity index (χ2n) is 5.55. The van der Waals surface area contributed by atoms with Gasteiger partial charge >= 0.3 is 0 Å². The van der Waals surface area contributed by atoms with Crippen LogP contribution in [0.4, 0.5) is 15.1 Å². The third kappa shape index (κ3) is 3.77. The average molecular weight is 362 g/mol. The van der Waals surface area contributed by atoms with E-state index in [1.807, 2.05) is 0 Å². The SMILES string of the molecule is Nc1scc(/C(=N/O)C(=O)NC2CC2)c1C(=O)Nc1ccc(F)cc1. The van der Waals surface area contributed by atoms with Gasteiger partial charge in [-0.25, -0.2) is 4.39 Å². The Morgan fingerprint density at radius 1 is 1.28 bits per heavy atom. The highest BCUT2D eigenvalue weighted by molar-refractivity contribution is 7.14. The summed E-state index contributed by atoms with van der Waals surface area (Å²) in [5, 5.41) is 19.2. The number of nitrogens with two attached hydrogens (primary N) is 1. The molecule has 0 saturated heterocycles. The molecule has 1 aliphatic carbocycles. The van der Waals surface area contributed by atoms with Crippen molar-refractivity contribution >= 4 is 39.6 Å². The van der Waals surface area contributed by atoms with Crippen molar-refractivity contribution in [1.82, 2.24) is 5.32 Å². The molecule has 1 aliphatic rings. The molecule has 5 N–H and O–H groups in total. The van der Waals surface area contributed by atoms with Crippen molar-refractivity contribution in [2.24, 2.45) is 5.16 Å². The van der Waals surface area contributed by atoms with Crippen LogP contribution >= 0.6 is 11.3 Å². The molecule has 3 rings (SSSR count). The molecule has 0 bridgehead atoms. The van der Waals surface area contributed by atoms with E-state index in [-0.39, 0.29) is 27.9 Å². The Balaban J connectivity index is 1.85. The maximum absolute atomic E-state index is 13.0. The molecule has 1 aromatic carbocycles. The van der Waals surface area contributed by atoms with Gasteiger partial charge in [-0.3, -0.25) is 9.59 Å². The van der Waals surface area contributed by atoms with Crippen LogP contribution in [-0.2, 0) is 4.79 Å². The summed E-state index contributed by atoms with van der Waals surface area (Å²) in [6.45, 7) is 0. The summed E-state index contributed by atoms with van der Waals surface area (Å²) >= 11 is 1.05. The molecule has 0 atom stereocenters. The number of benzene rings is 1. The fraction of sp³-hybridized carbons (Fsp3) is 0.188. The van der Waals surface area contributed by atoms with Gasteiger partial charge in [0.2, 0.25) is 0 Å². The molecule has 1 fully saturated rings.